The van der Waals surface area contributed by atoms with Crippen LogP contribution in [0.2, 0.25) is 0 Å². The van der Waals surface area contributed by atoms with Gasteiger partial charge in [-0.3, -0.25) is 0 Å². The highest BCUT2D eigenvalue weighted by Gasteiger charge is 2.28. The second kappa shape index (κ2) is 5.37. The van der Waals surface area contributed by atoms with Gasteiger partial charge < -0.3 is 10.5 Å². The molecule has 1 unspecified atom stereocenters. The Kier molecular flexibility index (Phi) is 4.38. The fourth-order valence-electron chi connectivity index (χ4n) is 1.64. The molecule has 1 aromatic rings. The van der Waals surface area contributed by atoms with Crippen LogP contribution in [-0.2, 0) is 11.2 Å². The van der Waals surface area contributed by atoms with Gasteiger partial charge in [0.2, 0.25) is 0 Å². The molecule has 4 heteroatoms. The average Bonchev–Trinajstić information content (AvgIpc) is 2.20. The Labute approximate surface area is 97.2 Å². The molecule has 0 fully saturated rings. The highest BCUT2D eigenvalue weighted by molar-refractivity contribution is 5.08. The van der Waals surface area contributed by atoms with Gasteiger partial charge in [0.15, 0.2) is 5.82 Å². The van der Waals surface area contributed by atoms with E-state index in [9.17, 15) is 0 Å². The van der Waals surface area contributed by atoms with Crippen LogP contribution in [-0.4, -0.2) is 23.6 Å². The summed E-state index contributed by atoms with van der Waals surface area (Å²) in [6.45, 7) is 6.95. The molecule has 1 heterocycles. The zero-order valence-electron chi connectivity index (χ0n) is 10.5. The lowest BCUT2D eigenvalue weighted by Crippen LogP contribution is -2.22. The number of rotatable bonds is 4. The zero-order chi connectivity index (χ0) is 12.2. The van der Waals surface area contributed by atoms with E-state index in [0.717, 1.165) is 17.8 Å². The van der Waals surface area contributed by atoms with Crippen molar-refractivity contribution in [3.05, 3.63) is 23.8 Å². The Balaban J connectivity index is 2.87. The lowest BCUT2D eigenvalue weighted by atomic mass is 9.88. The molecular weight excluding hydrogens is 202 g/mol. The first-order valence-electron chi connectivity index (χ1n) is 5.52. The van der Waals surface area contributed by atoms with E-state index >= 15 is 0 Å². The lowest BCUT2D eigenvalue weighted by molar-refractivity contribution is 0.00861. The van der Waals surface area contributed by atoms with Gasteiger partial charge in [-0.15, -0.1) is 0 Å². The van der Waals surface area contributed by atoms with Crippen LogP contribution < -0.4 is 5.73 Å². The summed E-state index contributed by atoms with van der Waals surface area (Å²) in [5.41, 5.74) is 6.53. The quantitative estimate of drug-likeness (QED) is 0.844. The molecule has 0 saturated heterocycles. The fraction of sp³-hybridized carbons (Fsp3) is 0.667. The smallest absolute Gasteiger partial charge is 0.157 e. The summed E-state index contributed by atoms with van der Waals surface area (Å²) in [5, 5.41) is 0. The first-order chi connectivity index (χ1) is 7.49. The van der Waals surface area contributed by atoms with Crippen molar-refractivity contribution in [3.8, 4) is 0 Å². The molecule has 90 valence electrons. The SMILES string of the molecule is COC(c1ncc(CCN)cn1)C(C)(C)C. The van der Waals surface area contributed by atoms with Crippen LogP contribution in [0.4, 0.5) is 0 Å². The van der Waals surface area contributed by atoms with E-state index in [2.05, 4.69) is 30.7 Å². The van der Waals surface area contributed by atoms with Crippen molar-refractivity contribution in [1.82, 2.24) is 9.97 Å². The van der Waals surface area contributed by atoms with Gasteiger partial charge in [-0.2, -0.15) is 0 Å². The van der Waals surface area contributed by atoms with E-state index in [4.69, 9.17) is 10.5 Å². The molecule has 0 spiro atoms. The van der Waals surface area contributed by atoms with Crippen LogP contribution >= 0.6 is 0 Å². The molecule has 16 heavy (non-hydrogen) atoms. The summed E-state index contributed by atoms with van der Waals surface area (Å²) < 4.78 is 5.45. The minimum atomic E-state index is -0.0839. The van der Waals surface area contributed by atoms with Gasteiger partial charge in [-0.05, 0) is 23.9 Å². The standard InChI is InChI=1S/C12H21N3O/c1-12(2,3)10(16-4)11-14-7-9(5-6-13)8-15-11/h7-8,10H,5-6,13H2,1-4H3. The summed E-state index contributed by atoms with van der Waals surface area (Å²) in [4.78, 5) is 8.69. The van der Waals surface area contributed by atoms with E-state index in [0.29, 0.717) is 6.54 Å². The van der Waals surface area contributed by atoms with Crippen molar-refractivity contribution in [3.63, 3.8) is 0 Å². The summed E-state index contributed by atoms with van der Waals surface area (Å²) in [6.07, 6.45) is 4.38. The summed E-state index contributed by atoms with van der Waals surface area (Å²) in [7, 11) is 1.69. The number of hydrogen-bond donors (Lipinski definition) is 1. The molecular formula is C12H21N3O. The summed E-state index contributed by atoms with van der Waals surface area (Å²) >= 11 is 0. The number of nitrogens with zero attached hydrogens (tertiary/aromatic N) is 2. The third-order valence-electron chi connectivity index (χ3n) is 2.42. The molecule has 0 aliphatic carbocycles. The van der Waals surface area contributed by atoms with Gasteiger partial charge in [0.1, 0.15) is 6.10 Å². The van der Waals surface area contributed by atoms with Crippen molar-refractivity contribution < 1.29 is 4.74 Å². The van der Waals surface area contributed by atoms with Crippen LogP contribution in [0.15, 0.2) is 12.4 Å². The lowest BCUT2D eigenvalue weighted by Gasteiger charge is -2.27. The highest BCUT2D eigenvalue weighted by atomic mass is 16.5. The predicted molar refractivity (Wildman–Crippen MR) is 64.0 cm³/mol. The minimum Gasteiger partial charge on any atom is -0.373 e. The number of nitrogens with two attached hydrogens (primary N) is 1. The van der Waals surface area contributed by atoms with Gasteiger partial charge >= 0.3 is 0 Å². The summed E-state index contributed by atoms with van der Waals surface area (Å²) in [6, 6.07) is 0. The normalized spacial score (nSPS) is 13.8. The van der Waals surface area contributed by atoms with Gasteiger partial charge in [0.05, 0.1) is 0 Å². The Morgan fingerprint density at radius 2 is 1.88 bits per heavy atom. The second-order valence-electron chi connectivity index (χ2n) is 4.97. The molecule has 1 aromatic heterocycles. The van der Waals surface area contributed by atoms with Crippen molar-refractivity contribution >= 4 is 0 Å². The molecule has 1 atom stereocenters. The van der Waals surface area contributed by atoms with E-state index in [1.165, 1.54) is 0 Å². The molecule has 1 rings (SSSR count). The van der Waals surface area contributed by atoms with Crippen molar-refractivity contribution in [2.24, 2.45) is 11.1 Å². The fourth-order valence-corrected chi connectivity index (χ4v) is 1.64. The van der Waals surface area contributed by atoms with E-state index in [1.54, 1.807) is 7.11 Å². The minimum absolute atomic E-state index is 0.00979. The number of hydrogen-bond acceptors (Lipinski definition) is 4. The van der Waals surface area contributed by atoms with E-state index in [-0.39, 0.29) is 11.5 Å². The van der Waals surface area contributed by atoms with Gasteiger partial charge in [-0.25, -0.2) is 9.97 Å². The Morgan fingerprint density at radius 1 is 1.31 bits per heavy atom. The molecule has 0 aromatic carbocycles. The molecule has 0 aliphatic heterocycles. The Hall–Kier alpha value is -1.00. The average molecular weight is 223 g/mol. The van der Waals surface area contributed by atoms with Crippen molar-refractivity contribution in [1.29, 1.82) is 0 Å². The maximum Gasteiger partial charge on any atom is 0.157 e. The van der Waals surface area contributed by atoms with Crippen molar-refractivity contribution in [2.75, 3.05) is 13.7 Å². The largest absolute Gasteiger partial charge is 0.373 e. The maximum absolute atomic E-state index is 5.47. The predicted octanol–water partition coefficient (Wildman–Crippen LogP) is 1.71. The molecule has 0 saturated carbocycles. The number of ether oxygens (including phenoxy) is 1. The first kappa shape index (κ1) is 13.1. The van der Waals surface area contributed by atoms with Gasteiger partial charge in [-0.1, -0.05) is 20.8 Å². The van der Waals surface area contributed by atoms with Crippen molar-refractivity contribution in [2.45, 2.75) is 33.3 Å². The summed E-state index contributed by atoms with van der Waals surface area (Å²) in [5.74, 6) is 0.732. The van der Waals surface area contributed by atoms with E-state index < -0.39 is 0 Å². The third-order valence-corrected chi connectivity index (χ3v) is 2.42. The van der Waals surface area contributed by atoms with Crippen LogP contribution in [0.1, 0.15) is 38.3 Å². The van der Waals surface area contributed by atoms with Crippen LogP contribution in [0.5, 0.6) is 0 Å². The molecule has 2 N–H and O–H groups in total. The van der Waals surface area contributed by atoms with Gasteiger partial charge in [0.25, 0.3) is 0 Å². The third kappa shape index (κ3) is 3.25. The first-order valence-corrected chi connectivity index (χ1v) is 5.52. The van der Waals surface area contributed by atoms with Crippen LogP contribution in [0, 0.1) is 5.41 Å². The molecule has 0 amide bonds. The maximum atomic E-state index is 5.47. The molecule has 4 nitrogen and oxygen atoms in total. The Bertz CT molecular complexity index is 316. The molecule has 0 radical (unpaired) electrons. The number of aromatic nitrogens is 2. The van der Waals surface area contributed by atoms with Gasteiger partial charge in [0, 0.05) is 19.5 Å². The molecule has 0 bridgehead atoms. The topological polar surface area (TPSA) is 61.0 Å². The zero-order valence-corrected chi connectivity index (χ0v) is 10.5. The number of methoxy groups -OCH3 is 1. The van der Waals surface area contributed by atoms with Crippen LogP contribution in [0.3, 0.4) is 0 Å². The van der Waals surface area contributed by atoms with Crippen LogP contribution in [0.25, 0.3) is 0 Å². The highest BCUT2D eigenvalue weighted by Crippen LogP contribution is 2.33. The second-order valence-corrected chi connectivity index (χ2v) is 4.97. The monoisotopic (exact) mass is 223 g/mol. The molecule has 0 aliphatic rings. The van der Waals surface area contributed by atoms with E-state index in [1.807, 2.05) is 12.4 Å². The Morgan fingerprint density at radius 3 is 2.25 bits per heavy atom.